The number of nitrogens with one attached hydrogen (secondary N) is 15. The molecule has 1 aromatic heterocycles. The smallest absolute Gasteiger partial charge is 0.328 e. The van der Waals surface area contributed by atoms with Gasteiger partial charge < -0.3 is 149 Å². The maximum Gasteiger partial charge on any atom is 0.328 e. The number of guanidine groups is 1. The Kier molecular flexibility index (Phi) is 49.4. The summed E-state index contributed by atoms with van der Waals surface area (Å²) in [6.07, 6.45) is -6.83. The topological polar surface area (TPSA) is 860 Å². The molecule has 0 spiro atoms. The van der Waals surface area contributed by atoms with Gasteiger partial charge in [-0.1, -0.05) is 30.3 Å². The highest BCUT2D eigenvalue weighted by molar-refractivity contribution is 7.98. The Bertz CT molecular complexity index is 4110. The molecule has 2 rings (SSSR count). The van der Waals surface area contributed by atoms with Crippen LogP contribution in [0, 0.1) is 0 Å². The van der Waals surface area contributed by atoms with Crippen LogP contribution in [-0.4, -0.2) is 310 Å². The number of hydrogen-bond acceptors (Lipinski definition) is 28. The monoisotopic (exact) mass is 1810 g/mol. The van der Waals surface area contributed by atoms with Crippen LogP contribution in [0.15, 0.2) is 47.8 Å². The van der Waals surface area contributed by atoms with Crippen LogP contribution < -0.4 is 103 Å². The molecule has 0 saturated heterocycles. The van der Waals surface area contributed by atoms with E-state index in [1.165, 1.54) is 36.4 Å². The largest absolute Gasteiger partial charge is 0.481 e. The van der Waals surface area contributed by atoms with Gasteiger partial charge in [-0.2, -0.15) is 11.8 Å². The minimum absolute atomic E-state index is 0.0662. The van der Waals surface area contributed by atoms with E-state index in [1.54, 1.807) is 24.5 Å². The van der Waals surface area contributed by atoms with Crippen LogP contribution in [0.4, 0.5) is 0 Å². The number of imidazole rings is 1. The van der Waals surface area contributed by atoms with Crippen LogP contribution in [0.2, 0.25) is 0 Å². The Labute approximate surface area is 724 Å². The fourth-order valence-electron chi connectivity index (χ4n) is 11.5. The number of aromatic amines is 1. The Morgan fingerprint density at radius 2 is 0.794 bits per heavy atom. The van der Waals surface area contributed by atoms with Crippen LogP contribution in [0.5, 0.6) is 0 Å². The zero-order valence-electron chi connectivity index (χ0n) is 69.4. The van der Waals surface area contributed by atoms with Gasteiger partial charge in [0.05, 0.1) is 37.2 Å². The summed E-state index contributed by atoms with van der Waals surface area (Å²) < 4.78 is 0. The molecule has 1 aromatic carbocycles. The number of aliphatic hydroxyl groups is 2. The van der Waals surface area contributed by atoms with Gasteiger partial charge in [0.2, 0.25) is 88.6 Å². The van der Waals surface area contributed by atoms with Crippen molar-refractivity contribution in [2.24, 2.45) is 33.7 Å². The molecule has 0 fully saturated rings. The molecule has 700 valence electrons. The van der Waals surface area contributed by atoms with Gasteiger partial charge in [0.25, 0.3) is 0 Å². The van der Waals surface area contributed by atoms with Gasteiger partial charge in [-0.3, -0.25) is 101 Å². The highest BCUT2D eigenvalue weighted by Gasteiger charge is 2.39. The standard InChI is InChI=1S/C74H114N22O29S/c1-35(83-62(113)44(17-22-54(102)103)86-60(111)36(2)84-72(123)58(37(3)98)96-68(119)46(19-24-56(106)107)87-61(112)40(76)15-21-53(100)101)59(110)85-41(13-8-9-26-75)64(115)92-48(29-38-11-6-5-7-12-38)69(120)90-45(18-23-55(104)105)65(116)88-42(14-10-27-81-74(78)79)63(114)89-43(16-20-52(77)99)66(117)93-49(30-39-32-80-34-82-39)70(121)91-47(25-28-126-4)67(118)94-50(31-57(108)109)71(122)95-51(33-97)73(124)125/h5-7,11-12,32,34-37,40-51,58,97-98H,8-10,13-31,33,75-76H2,1-4H3,(H2,77,99)(H,80,82)(H,83,113)(H,84,123)(H,85,110)(H,86,111)(H,87,112)(H,88,116)(H,89,114)(H,90,120)(H,91,121)(H,92,115)(H,93,117)(H,94,118)(H,95,122)(H,96,119)(H,100,101)(H,102,103)(H,104,105)(H,106,107)(H,108,109)(H,124,125)(H4,78,79,81)/t35-,36-,37+,40-,41-,42-,43-,44-,45-,46-,47-,48-,49-,50-,51-,58-/m0/s1. The fourth-order valence-corrected chi connectivity index (χ4v) is 12.0. The van der Waals surface area contributed by atoms with E-state index in [0.29, 0.717) is 5.56 Å². The third-order valence-corrected chi connectivity index (χ3v) is 19.1. The average molecular weight is 1810 g/mol. The quantitative estimate of drug-likeness (QED) is 0.0166. The number of primary amides is 1. The predicted octanol–water partition coefficient (Wildman–Crippen LogP) is -10.1. The summed E-state index contributed by atoms with van der Waals surface area (Å²) in [6, 6.07) is -18.7. The summed E-state index contributed by atoms with van der Waals surface area (Å²) in [5, 5.41) is 109. The lowest BCUT2D eigenvalue weighted by Crippen LogP contribution is -2.61. The molecule has 1 heterocycles. The second-order valence-corrected chi connectivity index (χ2v) is 29.8. The number of hydrogen-bond donors (Lipinski definition) is 28. The van der Waals surface area contributed by atoms with Crippen LogP contribution >= 0.6 is 11.8 Å². The van der Waals surface area contributed by atoms with Crippen molar-refractivity contribution in [2.45, 2.75) is 239 Å². The van der Waals surface area contributed by atoms with Crippen molar-refractivity contribution >= 4 is 142 Å². The Morgan fingerprint density at radius 3 is 1.21 bits per heavy atom. The molecule has 0 aliphatic heterocycles. The lowest BCUT2D eigenvalue weighted by molar-refractivity contribution is -0.144. The number of rotatable bonds is 63. The normalized spacial score (nSPS) is 14.8. The number of amides is 15. The number of aliphatic hydroxyl groups excluding tert-OH is 2. The summed E-state index contributed by atoms with van der Waals surface area (Å²) in [5.74, 6) is -27.0. The van der Waals surface area contributed by atoms with Crippen molar-refractivity contribution in [2.75, 3.05) is 31.7 Å². The SMILES string of the molecule is CSCC[C@H](NC(=O)[C@H](Cc1c[nH]cn1)NC(=O)[C@H](CCC(N)=O)NC(=O)[C@H](CCCN=C(N)N)NC(=O)[C@H](CCC(=O)O)NC(=O)[C@H](Cc1ccccc1)NC(=O)[C@H](CCCCN)NC(=O)[C@H](C)NC(=O)[C@H](CCC(=O)O)NC(=O)[C@H](C)NC(=O)[C@@H](NC(=O)[C@H](CCC(=O)O)NC(=O)[C@@H](N)CCC(=O)O)[C@@H](C)O)C(=O)N[C@@H](CC(=O)O)C(=O)N[C@@H](CO)C(=O)O. The maximum atomic E-state index is 14.8. The van der Waals surface area contributed by atoms with Crippen molar-refractivity contribution in [3.05, 3.63) is 54.1 Å². The van der Waals surface area contributed by atoms with E-state index in [9.17, 15) is 136 Å². The second kappa shape index (κ2) is 57.2. The molecule has 0 aliphatic carbocycles. The van der Waals surface area contributed by atoms with E-state index < -0.39 is 317 Å². The average Bonchev–Trinajstić information content (AvgIpc) is 0.983. The first-order chi connectivity index (χ1) is 59.3. The van der Waals surface area contributed by atoms with Gasteiger partial charge >= 0.3 is 35.8 Å². The number of carbonyl (C=O) groups is 21. The van der Waals surface area contributed by atoms with Gasteiger partial charge in [0, 0.05) is 57.7 Å². The molecule has 2 aromatic rings. The number of benzene rings is 1. The molecule has 33 N–H and O–H groups in total. The van der Waals surface area contributed by atoms with Gasteiger partial charge in [-0.15, -0.1) is 0 Å². The zero-order chi connectivity index (χ0) is 95.0. The van der Waals surface area contributed by atoms with E-state index in [4.69, 9.17) is 33.8 Å². The Morgan fingerprint density at radius 1 is 0.421 bits per heavy atom. The van der Waals surface area contributed by atoms with Crippen LogP contribution in [0.3, 0.4) is 0 Å². The number of carboxylic acid groups (broad SMARTS) is 6. The number of aliphatic carboxylic acids is 6. The second-order valence-electron chi connectivity index (χ2n) is 28.8. The van der Waals surface area contributed by atoms with Crippen LogP contribution in [-0.2, 0) is 114 Å². The van der Waals surface area contributed by atoms with Gasteiger partial charge in [0.1, 0.15) is 84.6 Å². The van der Waals surface area contributed by atoms with E-state index in [0.717, 1.165) is 20.8 Å². The van der Waals surface area contributed by atoms with Crippen molar-refractivity contribution in [1.29, 1.82) is 0 Å². The molecule has 52 heteroatoms. The first-order valence-corrected chi connectivity index (χ1v) is 40.9. The van der Waals surface area contributed by atoms with Gasteiger partial charge in [-0.05, 0) is 116 Å². The molecule has 16 atom stereocenters. The molecule has 51 nitrogen and oxygen atoms in total. The van der Waals surface area contributed by atoms with E-state index in [1.807, 2.05) is 5.32 Å². The molecule has 0 bridgehead atoms. The number of thioether (sulfide) groups is 1. The fraction of sp³-hybridized carbons (Fsp3) is 0.581. The molecule has 15 amide bonds. The lowest BCUT2D eigenvalue weighted by Gasteiger charge is -2.28. The lowest BCUT2D eigenvalue weighted by atomic mass is 10.0. The van der Waals surface area contributed by atoms with E-state index in [-0.39, 0.29) is 63.1 Å². The summed E-state index contributed by atoms with van der Waals surface area (Å²) in [7, 11) is 0. The number of nitrogens with two attached hydrogens (primary N) is 5. The summed E-state index contributed by atoms with van der Waals surface area (Å²) in [5.41, 5.74) is 28.6. The number of unbranched alkanes of at least 4 members (excludes halogenated alkanes) is 1. The Hall–Kier alpha value is -13.2. The highest BCUT2D eigenvalue weighted by atomic mass is 32.2. The molecule has 0 saturated carbocycles. The van der Waals surface area contributed by atoms with Crippen molar-refractivity contribution in [1.82, 2.24) is 84.4 Å². The van der Waals surface area contributed by atoms with E-state index >= 15 is 0 Å². The third-order valence-electron chi connectivity index (χ3n) is 18.5. The molecule has 0 radical (unpaired) electrons. The molecular weight excluding hydrogens is 1690 g/mol. The predicted molar refractivity (Wildman–Crippen MR) is 439 cm³/mol. The number of H-pyrrole nitrogens is 1. The van der Waals surface area contributed by atoms with Crippen LogP contribution in [0.25, 0.3) is 0 Å². The number of aliphatic imine (C=N–C) groups is 1. The highest BCUT2D eigenvalue weighted by Crippen LogP contribution is 2.15. The van der Waals surface area contributed by atoms with E-state index in [2.05, 4.69) is 84.1 Å². The Balaban J connectivity index is 2.60. The maximum absolute atomic E-state index is 14.8. The molecule has 0 aliphatic rings. The minimum Gasteiger partial charge on any atom is -0.481 e. The summed E-state index contributed by atoms with van der Waals surface area (Å²) in [6.45, 7) is 1.93. The molecule has 0 unspecified atom stereocenters. The summed E-state index contributed by atoms with van der Waals surface area (Å²) in [4.78, 5) is 290. The first-order valence-electron chi connectivity index (χ1n) is 39.5. The third kappa shape index (κ3) is 42.7. The number of carbonyl (C=O) groups excluding carboxylic acids is 15. The van der Waals surface area contributed by atoms with Crippen molar-refractivity contribution in [3.63, 3.8) is 0 Å². The van der Waals surface area contributed by atoms with Crippen molar-refractivity contribution < 1.29 is 142 Å². The number of nitrogens with zero attached hydrogens (tertiary/aromatic N) is 2. The first kappa shape index (κ1) is 109. The van der Waals surface area contributed by atoms with Crippen molar-refractivity contribution in [3.8, 4) is 0 Å². The minimum atomic E-state index is -1.98. The zero-order valence-corrected chi connectivity index (χ0v) is 70.2. The van der Waals surface area contributed by atoms with Gasteiger partial charge in [0.15, 0.2) is 5.96 Å². The summed E-state index contributed by atoms with van der Waals surface area (Å²) >= 11 is 1.18. The molecule has 126 heavy (non-hydrogen) atoms. The number of aromatic nitrogens is 2. The van der Waals surface area contributed by atoms with Crippen LogP contribution in [0.1, 0.15) is 141 Å². The van der Waals surface area contributed by atoms with Gasteiger partial charge in [-0.25, -0.2) is 9.78 Å². The number of carboxylic acids is 6. The molecular formula is C74H114N22O29S.